The molecule has 4 aliphatic heterocycles. The van der Waals surface area contributed by atoms with Crippen LogP contribution in [0.5, 0.6) is 0 Å². The van der Waals surface area contributed by atoms with E-state index in [2.05, 4.69) is 26.6 Å². The van der Waals surface area contributed by atoms with Crippen molar-refractivity contribution in [1.29, 1.82) is 0 Å². The van der Waals surface area contributed by atoms with Gasteiger partial charge in [0.1, 0.15) is 0 Å². The third-order valence-electron chi connectivity index (χ3n) is 13.6. The van der Waals surface area contributed by atoms with Gasteiger partial charge in [-0.2, -0.15) is 0 Å². The van der Waals surface area contributed by atoms with Crippen LogP contribution in [0.25, 0.3) is 0 Å². The zero-order valence-corrected chi connectivity index (χ0v) is 31.8. The van der Waals surface area contributed by atoms with Crippen molar-refractivity contribution in [2.75, 3.05) is 32.7 Å². The van der Waals surface area contributed by atoms with Crippen LogP contribution in [0.1, 0.15) is 78.1 Å². The Morgan fingerprint density at radius 3 is 1.35 bits per heavy atom. The van der Waals surface area contributed by atoms with Gasteiger partial charge in [0.15, 0.2) is 0 Å². The minimum Gasteiger partial charge on any atom is -0.392 e. The average molecular weight is 741 g/mol. The van der Waals surface area contributed by atoms with Crippen molar-refractivity contribution in [2.45, 2.75) is 169 Å². The lowest BCUT2D eigenvalue weighted by molar-refractivity contribution is -0.0160. The van der Waals surface area contributed by atoms with Gasteiger partial charge in [-0.1, -0.05) is 25.7 Å². The van der Waals surface area contributed by atoms with E-state index in [0.29, 0.717) is 58.2 Å². The first kappa shape index (κ1) is 42.5. The largest absolute Gasteiger partial charge is 0.392 e. The third-order valence-corrected chi connectivity index (χ3v) is 13.6. The quantitative estimate of drug-likeness (QED) is 0.130. The fourth-order valence-electron chi connectivity index (χ4n) is 11.1. The number of aliphatic hydroxyl groups excluding tert-OH is 5. The molecule has 0 aromatic rings. The van der Waals surface area contributed by atoms with Crippen LogP contribution in [0.2, 0.25) is 0 Å². The van der Waals surface area contributed by atoms with Crippen LogP contribution in [-0.4, -0.2) is 149 Å². The number of hydrogen-bond donors (Lipinski definition) is 15. The molecule has 20 N–H and O–H groups in total. The van der Waals surface area contributed by atoms with Crippen molar-refractivity contribution in [3.8, 4) is 0 Å². The van der Waals surface area contributed by atoms with Crippen LogP contribution in [0.15, 0.2) is 0 Å². The molecule has 5 fully saturated rings. The van der Waals surface area contributed by atoms with Gasteiger partial charge in [0.25, 0.3) is 0 Å². The van der Waals surface area contributed by atoms with Crippen molar-refractivity contribution in [3.63, 3.8) is 0 Å². The van der Waals surface area contributed by atoms with Gasteiger partial charge in [0.2, 0.25) is 0 Å². The predicted molar refractivity (Wildman–Crippen MR) is 204 cm³/mol. The molecule has 4 saturated heterocycles. The summed E-state index contributed by atoms with van der Waals surface area (Å²) >= 11 is 0. The SMILES string of the molecule is CC(N)C1NCC(O)CC2CCCCC3CC(O)CNC(C(C)N)C4NCC(O)CC3C3CC(O)CNC(C(N)CC4N)C(NCC(O)CC23)C1N. The molecule has 304 valence electrons. The van der Waals surface area contributed by atoms with E-state index in [1.54, 1.807) is 0 Å². The van der Waals surface area contributed by atoms with E-state index in [9.17, 15) is 25.5 Å². The summed E-state index contributed by atoms with van der Waals surface area (Å²) in [7, 11) is 0. The van der Waals surface area contributed by atoms with Crippen molar-refractivity contribution < 1.29 is 25.5 Å². The average Bonchev–Trinajstić information content (AvgIpc) is 3.11. The zero-order chi connectivity index (χ0) is 37.7. The maximum atomic E-state index is 12.0. The van der Waals surface area contributed by atoms with Gasteiger partial charge >= 0.3 is 0 Å². The van der Waals surface area contributed by atoms with Crippen LogP contribution in [0.3, 0.4) is 0 Å². The molecule has 20 atom stereocenters. The first-order valence-electron chi connectivity index (χ1n) is 20.6. The maximum absolute atomic E-state index is 12.0. The second-order valence-electron chi connectivity index (χ2n) is 17.8. The standard InChI is InChI=1S/C37H76N10O5/c1-18(38)33-32(42)37-36-31(41)12-30(40)35-34(19(2)39)44-14-23(49)8-21-6-4-3-5-20(7-22(48)13-43-33)28(10-25(51)17-47-37)29(11-26(52)16-46-36)27(21)9-24(50)15-45-35/h18-37,43-52H,3-17,38-42H2,1-2H3. The number of aliphatic hydroxyl groups is 5. The fraction of sp³-hybridized carbons (Fsp3) is 1.00. The number of hydrogen-bond acceptors (Lipinski definition) is 15. The molecule has 0 radical (unpaired) electrons. The molecule has 20 unspecified atom stereocenters. The highest BCUT2D eigenvalue weighted by Gasteiger charge is 2.46. The molecule has 0 aromatic heterocycles. The van der Waals surface area contributed by atoms with E-state index in [4.69, 9.17) is 28.7 Å². The summed E-state index contributed by atoms with van der Waals surface area (Å²) in [5.74, 6) is -0.0544. The summed E-state index contributed by atoms with van der Waals surface area (Å²) in [6.45, 7) is 5.34. The Hall–Kier alpha value is -0.600. The van der Waals surface area contributed by atoms with E-state index in [1.807, 2.05) is 13.8 Å². The third kappa shape index (κ3) is 10.8. The van der Waals surface area contributed by atoms with E-state index < -0.39 is 66.8 Å². The highest BCUT2D eigenvalue weighted by atomic mass is 16.3. The smallest absolute Gasteiger partial charge is 0.0667 e. The Kier molecular flexibility index (Phi) is 16.0. The zero-order valence-electron chi connectivity index (χ0n) is 31.8. The van der Waals surface area contributed by atoms with Gasteiger partial charge in [-0.3, -0.25) is 0 Å². The van der Waals surface area contributed by atoms with Gasteiger partial charge in [-0.15, -0.1) is 0 Å². The van der Waals surface area contributed by atoms with Gasteiger partial charge < -0.3 is 80.8 Å². The Bertz CT molecular complexity index is 1070. The molecule has 5 rings (SSSR count). The topological polar surface area (TPSA) is 291 Å². The highest BCUT2D eigenvalue weighted by Crippen LogP contribution is 2.47. The molecule has 4 heterocycles. The minimum absolute atomic E-state index is 0.0519. The Morgan fingerprint density at radius 1 is 0.462 bits per heavy atom. The molecule has 52 heavy (non-hydrogen) atoms. The molecule has 15 nitrogen and oxygen atoms in total. The van der Waals surface area contributed by atoms with Gasteiger partial charge in [0.05, 0.1) is 30.5 Å². The van der Waals surface area contributed by atoms with Crippen LogP contribution >= 0.6 is 0 Å². The summed E-state index contributed by atoms with van der Waals surface area (Å²) < 4.78 is 0. The summed E-state index contributed by atoms with van der Waals surface area (Å²) in [4.78, 5) is 0. The molecule has 5 aliphatic rings. The molecule has 15 heteroatoms. The Labute approximate surface area is 311 Å². The lowest BCUT2D eigenvalue weighted by Gasteiger charge is -2.45. The summed E-state index contributed by atoms with van der Waals surface area (Å²) in [6, 6.07) is -4.40. The van der Waals surface area contributed by atoms with E-state index >= 15 is 0 Å². The molecule has 0 amide bonds. The monoisotopic (exact) mass is 741 g/mol. The van der Waals surface area contributed by atoms with E-state index in [-0.39, 0.29) is 66.8 Å². The van der Waals surface area contributed by atoms with Crippen molar-refractivity contribution in [2.24, 2.45) is 58.3 Å². The van der Waals surface area contributed by atoms with Crippen LogP contribution < -0.4 is 55.3 Å². The first-order chi connectivity index (χ1) is 24.7. The lowest BCUT2D eigenvalue weighted by atomic mass is 9.63. The Morgan fingerprint density at radius 2 is 0.846 bits per heavy atom. The fourth-order valence-corrected chi connectivity index (χ4v) is 11.1. The molecule has 0 aromatic carbocycles. The second-order valence-corrected chi connectivity index (χ2v) is 17.8. The number of nitrogens with two attached hydrogens (primary N) is 5. The lowest BCUT2D eigenvalue weighted by Crippen LogP contribution is -2.71. The van der Waals surface area contributed by atoms with Crippen molar-refractivity contribution >= 4 is 0 Å². The highest BCUT2D eigenvalue weighted by molar-refractivity contribution is 5.06. The van der Waals surface area contributed by atoms with Gasteiger partial charge in [-0.25, -0.2) is 0 Å². The normalized spacial score (nSPS) is 49.4. The van der Waals surface area contributed by atoms with Crippen molar-refractivity contribution in [1.82, 2.24) is 26.6 Å². The minimum atomic E-state index is -0.760. The summed E-state index contributed by atoms with van der Waals surface area (Å²) in [5, 5.41) is 77.2. The number of β-amino-alcohol motifs (C(OH)–C–C–N with tert-alkyl or cyclic N) is 2. The van der Waals surface area contributed by atoms with Crippen LogP contribution in [0, 0.1) is 29.6 Å². The molecular weight excluding hydrogens is 664 g/mol. The van der Waals surface area contributed by atoms with Gasteiger partial charge in [0, 0.05) is 93.1 Å². The predicted octanol–water partition coefficient (Wildman–Crippen LogP) is -3.69. The summed E-state index contributed by atoms with van der Waals surface area (Å²) in [6.07, 6.45) is 2.94. The molecule has 1 saturated carbocycles. The van der Waals surface area contributed by atoms with Crippen LogP contribution in [0.4, 0.5) is 0 Å². The molecule has 6 bridgehead atoms. The first-order valence-corrected chi connectivity index (χ1v) is 20.6. The van der Waals surface area contributed by atoms with Crippen LogP contribution in [-0.2, 0) is 0 Å². The molecule has 1 aliphatic carbocycles. The molecular formula is C37H76N10O5. The Balaban J connectivity index is 1.73. The van der Waals surface area contributed by atoms with E-state index in [1.165, 1.54) is 0 Å². The molecule has 0 spiro atoms. The van der Waals surface area contributed by atoms with Crippen molar-refractivity contribution in [3.05, 3.63) is 0 Å². The van der Waals surface area contributed by atoms with Gasteiger partial charge in [-0.05, 0) is 82.0 Å². The summed E-state index contributed by atoms with van der Waals surface area (Å²) in [5.41, 5.74) is 34.6. The number of fused-ring (bicyclic) bond motifs is 13. The second kappa shape index (κ2) is 19.5. The maximum Gasteiger partial charge on any atom is 0.0667 e. The number of nitrogens with one attached hydrogen (secondary N) is 5. The number of rotatable bonds is 2. The van der Waals surface area contributed by atoms with E-state index in [0.717, 1.165) is 25.7 Å².